The van der Waals surface area contributed by atoms with E-state index in [1.165, 1.54) is 11.1 Å². The lowest BCUT2D eigenvalue weighted by atomic mass is 9.79. The fourth-order valence-corrected chi connectivity index (χ4v) is 4.24. The van der Waals surface area contributed by atoms with E-state index in [9.17, 15) is 0 Å². The van der Waals surface area contributed by atoms with Gasteiger partial charge in [0.25, 0.3) is 0 Å². The van der Waals surface area contributed by atoms with Gasteiger partial charge >= 0.3 is 0 Å². The first-order valence-corrected chi connectivity index (χ1v) is 11.4. The van der Waals surface area contributed by atoms with Crippen LogP contribution in [0, 0.1) is 5.41 Å². The van der Waals surface area contributed by atoms with Gasteiger partial charge in [-0.3, -0.25) is 5.41 Å². The quantitative estimate of drug-likeness (QED) is 0.292. The number of amidine groups is 1. The van der Waals surface area contributed by atoms with Gasteiger partial charge in [-0.2, -0.15) is 5.10 Å². The molecule has 0 bridgehead atoms. The molecule has 0 atom stereocenters. The Hall–Kier alpha value is -2.83. The monoisotopic (exact) mass is 514 g/mol. The summed E-state index contributed by atoms with van der Waals surface area (Å²) >= 11 is 0. The fourth-order valence-electron chi connectivity index (χ4n) is 4.24. The molecule has 0 aliphatic heterocycles. The molecule has 0 saturated heterocycles. The molecule has 8 heteroatoms. The third-order valence-electron chi connectivity index (χ3n) is 6.29. The van der Waals surface area contributed by atoms with E-state index in [2.05, 4.69) is 64.7 Å². The predicted octanol–water partition coefficient (Wildman–Crippen LogP) is 6.05. The Labute approximate surface area is 220 Å². The molecule has 35 heavy (non-hydrogen) atoms. The Balaban J connectivity index is 0.00000216. The van der Waals surface area contributed by atoms with Gasteiger partial charge in [0.05, 0.1) is 17.6 Å². The van der Waals surface area contributed by atoms with E-state index in [0.717, 1.165) is 46.5 Å². The molecule has 0 unspecified atom stereocenters. The number of anilines is 1. The average molecular weight is 516 g/mol. The van der Waals surface area contributed by atoms with Crippen molar-refractivity contribution < 1.29 is 0 Å². The lowest BCUT2D eigenvalue weighted by Gasteiger charge is -2.26. The van der Waals surface area contributed by atoms with Gasteiger partial charge in [0.15, 0.2) is 0 Å². The van der Waals surface area contributed by atoms with Crippen LogP contribution in [-0.2, 0) is 17.3 Å². The van der Waals surface area contributed by atoms with E-state index in [4.69, 9.17) is 22.0 Å². The normalized spacial score (nSPS) is 14.3. The van der Waals surface area contributed by atoms with E-state index in [-0.39, 0.29) is 41.5 Å². The molecule has 0 saturated carbocycles. The van der Waals surface area contributed by atoms with Gasteiger partial charge in [-0.25, -0.2) is 9.66 Å². The zero-order valence-corrected chi connectivity index (χ0v) is 22.9. The Morgan fingerprint density at radius 3 is 2.11 bits per heavy atom. The van der Waals surface area contributed by atoms with E-state index >= 15 is 0 Å². The maximum atomic E-state index is 7.85. The molecule has 4 rings (SSSR count). The molecule has 1 aliphatic carbocycles. The van der Waals surface area contributed by atoms with Crippen molar-refractivity contribution in [2.75, 3.05) is 5.73 Å². The number of aromatic nitrogens is 2. The van der Waals surface area contributed by atoms with Crippen LogP contribution in [0.25, 0.3) is 11.3 Å². The Bertz CT molecular complexity index is 1240. The molecule has 1 aromatic heterocycles. The first kappa shape index (κ1) is 28.4. The number of hydrogen-bond donors (Lipinski definition) is 3. The van der Waals surface area contributed by atoms with Crippen LogP contribution in [0.3, 0.4) is 0 Å². The molecule has 0 fully saturated rings. The van der Waals surface area contributed by atoms with E-state index < -0.39 is 0 Å². The summed E-state index contributed by atoms with van der Waals surface area (Å²) in [6.07, 6.45) is 3.50. The first-order chi connectivity index (χ1) is 15.3. The summed E-state index contributed by atoms with van der Waals surface area (Å²) in [5, 5.41) is 12.7. The SMILES string of the molecule is CC(C)(C)c1cc(-c2cn(N=C3CCc4c(C(=N)N)cccc43)c(N)n2)cc(C(C)(C)C)c1.Cl.Cl. The van der Waals surface area contributed by atoms with Crippen LogP contribution in [0.1, 0.15) is 75.8 Å². The summed E-state index contributed by atoms with van der Waals surface area (Å²) in [4.78, 5) is 4.65. The molecule has 6 nitrogen and oxygen atoms in total. The van der Waals surface area contributed by atoms with Crippen molar-refractivity contribution in [2.45, 2.75) is 65.2 Å². The molecule has 0 amide bonds. The number of benzene rings is 2. The first-order valence-electron chi connectivity index (χ1n) is 11.4. The summed E-state index contributed by atoms with van der Waals surface area (Å²) in [6.45, 7) is 13.4. The second-order valence-corrected chi connectivity index (χ2v) is 10.9. The Morgan fingerprint density at radius 1 is 0.971 bits per heavy atom. The van der Waals surface area contributed by atoms with Crippen LogP contribution in [0.15, 0.2) is 47.7 Å². The minimum absolute atomic E-state index is 0. The maximum Gasteiger partial charge on any atom is 0.221 e. The summed E-state index contributed by atoms with van der Waals surface area (Å²) in [5.74, 6) is 0.443. The molecule has 2 aromatic carbocycles. The molecule has 0 radical (unpaired) electrons. The van der Waals surface area contributed by atoms with E-state index in [1.807, 2.05) is 24.4 Å². The molecule has 0 spiro atoms. The summed E-state index contributed by atoms with van der Waals surface area (Å²) in [5.41, 5.74) is 20.3. The minimum Gasteiger partial charge on any atom is -0.384 e. The summed E-state index contributed by atoms with van der Waals surface area (Å²) < 4.78 is 1.67. The van der Waals surface area contributed by atoms with Crippen molar-refractivity contribution in [1.29, 1.82) is 5.41 Å². The van der Waals surface area contributed by atoms with Gasteiger partial charge in [-0.1, -0.05) is 65.8 Å². The number of nitrogens with one attached hydrogen (secondary N) is 1. The fraction of sp³-hybridized carbons (Fsp3) is 0.370. The van der Waals surface area contributed by atoms with Crippen molar-refractivity contribution >= 4 is 42.3 Å². The summed E-state index contributed by atoms with van der Waals surface area (Å²) in [6, 6.07) is 12.6. The number of rotatable bonds is 3. The highest BCUT2D eigenvalue weighted by atomic mass is 35.5. The van der Waals surface area contributed by atoms with Gasteiger partial charge in [0.2, 0.25) is 5.95 Å². The molecule has 3 aromatic rings. The highest BCUT2D eigenvalue weighted by molar-refractivity contribution is 6.08. The zero-order valence-electron chi connectivity index (χ0n) is 21.3. The number of nitrogen functional groups attached to an aromatic ring is 2. The lowest BCUT2D eigenvalue weighted by Crippen LogP contribution is -2.16. The number of imidazole rings is 1. The Kier molecular flexibility index (Phi) is 8.15. The number of hydrogen-bond acceptors (Lipinski definition) is 4. The number of nitrogens with zero attached hydrogens (tertiary/aromatic N) is 3. The van der Waals surface area contributed by atoms with Crippen molar-refractivity contribution in [3.63, 3.8) is 0 Å². The Morgan fingerprint density at radius 2 is 1.57 bits per heavy atom. The van der Waals surface area contributed by atoms with Crippen molar-refractivity contribution in [2.24, 2.45) is 10.8 Å². The highest BCUT2D eigenvalue weighted by Crippen LogP contribution is 2.34. The van der Waals surface area contributed by atoms with Gasteiger partial charge < -0.3 is 11.5 Å². The summed E-state index contributed by atoms with van der Waals surface area (Å²) in [7, 11) is 0. The van der Waals surface area contributed by atoms with Crippen LogP contribution >= 0.6 is 24.8 Å². The third-order valence-corrected chi connectivity index (χ3v) is 6.29. The van der Waals surface area contributed by atoms with Gasteiger partial charge in [-0.05, 0) is 52.5 Å². The van der Waals surface area contributed by atoms with E-state index in [0.29, 0.717) is 5.95 Å². The van der Waals surface area contributed by atoms with Crippen LogP contribution in [-0.4, -0.2) is 21.2 Å². The van der Waals surface area contributed by atoms with Crippen LogP contribution in [0.4, 0.5) is 5.95 Å². The average Bonchev–Trinajstić information content (AvgIpc) is 3.30. The van der Waals surface area contributed by atoms with Crippen LogP contribution in [0.2, 0.25) is 0 Å². The molecule has 1 aliphatic rings. The molecular weight excluding hydrogens is 479 g/mol. The van der Waals surface area contributed by atoms with Crippen molar-refractivity contribution in [1.82, 2.24) is 9.66 Å². The van der Waals surface area contributed by atoms with Crippen molar-refractivity contribution in [3.05, 3.63) is 70.4 Å². The third kappa shape index (κ3) is 5.71. The number of nitrogens with two attached hydrogens (primary N) is 2. The molecular formula is C27H36Cl2N6. The smallest absolute Gasteiger partial charge is 0.221 e. The van der Waals surface area contributed by atoms with Crippen molar-refractivity contribution in [3.8, 4) is 11.3 Å². The molecule has 1 heterocycles. The minimum atomic E-state index is 0. The largest absolute Gasteiger partial charge is 0.384 e. The van der Waals surface area contributed by atoms with Gasteiger partial charge in [-0.15, -0.1) is 24.8 Å². The lowest BCUT2D eigenvalue weighted by molar-refractivity contribution is 0.569. The zero-order chi connectivity index (χ0) is 24.1. The highest BCUT2D eigenvalue weighted by Gasteiger charge is 2.24. The topological polar surface area (TPSA) is 106 Å². The number of fused-ring (bicyclic) bond motifs is 1. The second-order valence-electron chi connectivity index (χ2n) is 10.9. The van der Waals surface area contributed by atoms with Crippen LogP contribution in [0.5, 0.6) is 0 Å². The standard InChI is InChI=1S/C27H34N6.2ClH/c1-26(2,3)17-12-16(13-18(14-17)27(4,5)6)23-15-33(25(30)31-23)32-22-11-10-19-20(22)8-7-9-21(19)24(28)29;;/h7-9,12-15H,10-11H2,1-6H3,(H3,28,29)(H2,30,31);2*1H. The van der Waals surface area contributed by atoms with Crippen LogP contribution < -0.4 is 11.5 Å². The number of halogens is 2. The predicted molar refractivity (Wildman–Crippen MR) is 152 cm³/mol. The van der Waals surface area contributed by atoms with Gasteiger partial charge in [0.1, 0.15) is 5.84 Å². The second kappa shape index (κ2) is 10.0. The maximum absolute atomic E-state index is 7.85. The van der Waals surface area contributed by atoms with E-state index in [1.54, 1.807) is 4.68 Å². The van der Waals surface area contributed by atoms with Gasteiger partial charge in [0, 0.05) is 16.7 Å². The molecule has 188 valence electrons. The molecule has 5 N–H and O–H groups in total.